The maximum Gasteiger partial charge on any atom is 0.344 e. The van der Waals surface area contributed by atoms with Gasteiger partial charge in [-0.05, 0) is 71.6 Å². The zero-order valence-corrected chi connectivity index (χ0v) is 17.2. The molecule has 0 atom stereocenters. The summed E-state index contributed by atoms with van der Waals surface area (Å²) in [5.74, 6) is -0.445. The lowest BCUT2D eigenvalue weighted by Crippen LogP contribution is -2.28. The third-order valence-electron chi connectivity index (χ3n) is 4.15. The van der Waals surface area contributed by atoms with Crippen molar-refractivity contribution in [2.24, 2.45) is 0 Å². The molecule has 1 aliphatic heterocycles. The van der Waals surface area contributed by atoms with Gasteiger partial charge < -0.3 is 4.74 Å². The number of carbonyl (C=O) groups excluding carboxylic acids is 1. The van der Waals surface area contributed by atoms with E-state index in [9.17, 15) is 13.2 Å². The van der Waals surface area contributed by atoms with Crippen LogP contribution >= 0.6 is 27.5 Å². The zero-order valence-electron chi connectivity index (χ0n) is 14.0. The second kappa shape index (κ2) is 7.68. The number of benzene rings is 2. The van der Waals surface area contributed by atoms with Gasteiger partial charge in [0.15, 0.2) is 0 Å². The average Bonchev–Trinajstić information content (AvgIpc) is 3.13. The van der Waals surface area contributed by atoms with Gasteiger partial charge in [0.2, 0.25) is 10.0 Å². The van der Waals surface area contributed by atoms with Gasteiger partial charge in [-0.1, -0.05) is 17.7 Å². The number of rotatable bonds is 4. The van der Waals surface area contributed by atoms with Gasteiger partial charge in [0, 0.05) is 17.6 Å². The monoisotopic (exact) mass is 457 g/mol. The number of carbonyl (C=O) groups is 1. The van der Waals surface area contributed by atoms with Crippen LogP contribution in [0, 0.1) is 6.92 Å². The molecule has 0 radical (unpaired) electrons. The topological polar surface area (TPSA) is 63.7 Å². The van der Waals surface area contributed by atoms with E-state index < -0.39 is 16.0 Å². The molecule has 26 heavy (non-hydrogen) atoms. The molecule has 1 saturated heterocycles. The number of halogens is 2. The van der Waals surface area contributed by atoms with Gasteiger partial charge in [-0.2, -0.15) is 4.31 Å². The molecular weight excluding hydrogens is 442 g/mol. The van der Waals surface area contributed by atoms with E-state index in [1.54, 1.807) is 18.2 Å². The third-order valence-corrected chi connectivity index (χ3v) is 7.05. The van der Waals surface area contributed by atoms with Crippen molar-refractivity contribution >= 4 is 43.5 Å². The number of nitrogens with zero attached hydrogens (tertiary/aromatic N) is 1. The van der Waals surface area contributed by atoms with Gasteiger partial charge in [-0.3, -0.25) is 0 Å². The van der Waals surface area contributed by atoms with Crippen LogP contribution < -0.4 is 4.74 Å². The minimum absolute atomic E-state index is 0.0740. The molecule has 0 bridgehead atoms. The molecular formula is C18H17BrClNO4S. The van der Waals surface area contributed by atoms with Crippen LogP contribution in [-0.2, 0) is 10.0 Å². The fourth-order valence-electron chi connectivity index (χ4n) is 2.74. The molecule has 0 amide bonds. The largest absolute Gasteiger partial charge is 0.421 e. The van der Waals surface area contributed by atoms with Crippen LogP contribution in [0.2, 0.25) is 5.02 Å². The average molecular weight is 459 g/mol. The Morgan fingerprint density at radius 3 is 2.54 bits per heavy atom. The summed E-state index contributed by atoms with van der Waals surface area (Å²) in [6.45, 7) is 2.85. The molecule has 1 heterocycles. The van der Waals surface area contributed by atoms with Crippen molar-refractivity contribution in [2.75, 3.05) is 13.1 Å². The number of sulfonamides is 1. The van der Waals surface area contributed by atoms with E-state index in [1.165, 1.54) is 22.5 Å². The summed E-state index contributed by atoms with van der Waals surface area (Å²) >= 11 is 9.35. The molecule has 138 valence electrons. The first kappa shape index (κ1) is 19.4. The van der Waals surface area contributed by atoms with Crippen molar-refractivity contribution in [3.05, 3.63) is 57.0 Å². The van der Waals surface area contributed by atoms with Crippen LogP contribution in [0.3, 0.4) is 0 Å². The van der Waals surface area contributed by atoms with Crippen LogP contribution in [0.25, 0.3) is 0 Å². The van der Waals surface area contributed by atoms with Crippen molar-refractivity contribution in [1.29, 1.82) is 0 Å². The number of hydrogen-bond acceptors (Lipinski definition) is 4. The van der Waals surface area contributed by atoms with Crippen LogP contribution in [0.5, 0.6) is 5.75 Å². The molecule has 1 fully saturated rings. The Hall–Kier alpha value is -1.41. The Balaban J connectivity index is 1.92. The Morgan fingerprint density at radius 1 is 1.15 bits per heavy atom. The van der Waals surface area contributed by atoms with Crippen LogP contribution in [0.15, 0.2) is 45.8 Å². The highest BCUT2D eigenvalue weighted by Gasteiger charge is 2.28. The van der Waals surface area contributed by atoms with E-state index in [0.717, 1.165) is 18.4 Å². The van der Waals surface area contributed by atoms with Crippen LogP contribution in [0.4, 0.5) is 0 Å². The summed E-state index contributed by atoms with van der Waals surface area (Å²) in [7, 11) is -3.62. The summed E-state index contributed by atoms with van der Waals surface area (Å²) in [5, 5.41) is 0.306. The second-order valence-electron chi connectivity index (χ2n) is 6.08. The predicted molar refractivity (Wildman–Crippen MR) is 103 cm³/mol. The van der Waals surface area contributed by atoms with E-state index in [4.69, 9.17) is 16.3 Å². The Bertz CT molecular complexity index is 956. The number of aryl methyl sites for hydroxylation is 1. The SMILES string of the molecule is Cc1ccc(Cl)c(OC(=O)c2cc(S(=O)(=O)N3CCCC3)ccc2Br)c1. The Labute approximate surface area is 166 Å². The summed E-state index contributed by atoms with van der Waals surface area (Å²) in [6, 6.07) is 9.45. The van der Waals surface area contributed by atoms with Crippen LogP contribution in [-0.4, -0.2) is 31.8 Å². The molecule has 3 rings (SSSR count). The van der Waals surface area contributed by atoms with E-state index in [-0.39, 0.29) is 16.2 Å². The molecule has 5 nitrogen and oxygen atoms in total. The molecule has 2 aromatic carbocycles. The molecule has 2 aromatic rings. The highest BCUT2D eigenvalue weighted by molar-refractivity contribution is 9.10. The highest BCUT2D eigenvalue weighted by atomic mass is 79.9. The number of ether oxygens (including phenoxy) is 1. The molecule has 1 aliphatic rings. The lowest BCUT2D eigenvalue weighted by molar-refractivity contribution is 0.0733. The van der Waals surface area contributed by atoms with Gasteiger partial charge >= 0.3 is 5.97 Å². The van der Waals surface area contributed by atoms with Gasteiger partial charge in [0.05, 0.1) is 15.5 Å². The van der Waals surface area contributed by atoms with E-state index in [0.29, 0.717) is 22.6 Å². The lowest BCUT2D eigenvalue weighted by atomic mass is 10.2. The fourth-order valence-corrected chi connectivity index (χ4v) is 4.85. The highest BCUT2D eigenvalue weighted by Crippen LogP contribution is 2.29. The van der Waals surface area contributed by atoms with Crippen molar-refractivity contribution in [1.82, 2.24) is 4.31 Å². The van der Waals surface area contributed by atoms with Crippen molar-refractivity contribution in [3.63, 3.8) is 0 Å². The molecule has 0 unspecified atom stereocenters. The quantitative estimate of drug-likeness (QED) is 0.503. The Morgan fingerprint density at radius 2 is 1.85 bits per heavy atom. The summed E-state index contributed by atoms with van der Waals surface area (Å²) in [4.78, 5) is 12.7. The second-order valence-corrected chi connectivity index (χ2v) is 9.28. The van der Waals surface area contributed by atoms with Crippen molar-refractivity contribution in [3.8, 4) is 5.75 Å². The van der Waals surface area contributed by atoms with Gasteiger partial charge in [-0.15, -0.1) is 0 Å². The molecule has 0 saturated carbocycles. The molecule has 0 spiro atoms. The molecule has 0 aromatic heterocycles. The molecule has 8 heteroatoms. The maximum atomic E-state index is 12.7. The van der Waals surface area contributed by atoms with Crippen molar-refractivity contribution in [2.45, 2.75) is 24.7 Å². The summed E-state index contributed by atoms with van der Waals surface area (Å²) in [6.07, 6.45) is 1.69. The zero-order chi connectivity index (χ0) is 18.9. The molecule has 0 N–H and O–H groups in total. The van der Waals surface area contributed by atoms with E-state index in [2.05, 4.69) is 15.9 Å². The smallest absolute Gasteiger partial charge is 0.344 e. The summed E-state index contributed by atoms with van der Waals surface area (Å²) < 4.78 is 32.7. The predicted octanol–water partition coefficient (Wildman–Crippen LogP) is 4.41. The van der Waals surface area contributed by atoms with E-state index >= 15 is 0 Å². The molecule has 0 aliphatic carbocycles. The first-order chi connectivity index (χ1) is 12.3. The van der Waals surface area contributed by atoms with Gasteiger partial charge in [0.25, 0.3) is 0 Å². The minimum Gasteiger partial charge on any atom is -0.421 e. The maximum absolute atomic E-state index is 12.7. The summed E-state index contributed by atoms with van der Waals surface area (Å²) in [5.41, 5.74) is 1.02. The van der Waals surface area contributed by atoms with Crippen LogP contribution in [0.1, 0.15) is 28.8 Å². The number of esters is 1. The van der Waals surface area contributed by atoms with Gasteiger partial charge in [-0.25, -0.2) is 13.2 Å². The normalized spacial score (nSPS) is 15.2. The third kappa shape index (κ3) is 3.96. The lowest BCUT2D eigenvalue weighted by Gasteiger charge is -2.16. The standard InChI is InChI=1S/C18H17BrClNO4S/c1-12-4-7-16(20)17(10-12)25-18(22)14-11-13(5-6-15(14)19)26(23,24)21-8-2-3-9-21/h4-7,10-11H,2-3,8-9H2,1H3. The van der Waals surface area contributed by atoms with Gasteiger partial charge in [0.1, 0.15) is 5.75 Å². The number of hydrogen-bond donors (Lipinski definition) is 0. The first-order valence-electron chi connectivity index (χ1n) is 8.07. The first-order valence-corrected chi connectivity index (χ1v) is 10.7. The fraction of sp³-hybridized carbons (Fsp3) is 0.278. The van der Waals surface area contributed by atoms with Crippen molar-refractivity contribution < 1.29 is 17.9 Å². The Kier molecular flexibility index (Phi) is 5.72. The van der Waals surface area contributed by atoms with E-state index in [1.807, 2.05) is 6.92 Å². The minimum atomic E-state index is -3.62.